The van der Waals surface area contributed by atoms with Gasteiger partial charge >= 0.3 is 0 Å². The van der Waals surface area contributed by atoms with Gasteiger partial charge in [0, 0.05) is 11.8 Å². The molecule has 0 spiro atoms. The van der Waals surface area contributed by atoms with Crippen molar-refractivity contribution in [1.29, 1.82) is 0 Å². The third kappa shape index (κ3) is 6.03. The van der Waals surface area contributed by atoms with Crippen LogP contribution in [0, 0.1) is 5.92 Å². The van der Waals surface area contributed by atoms with Gasteiger partial charge in [-0.3, -0.25) is 4.79 Å². The van der Waals surface area contributed by atoms with Crippen molar-refractivity contribution in [3.63, 3.8) is 0 Å². The molecule has 0 saturated heterocycles. The van der Waals surface area contributed by atoms with Crippen LogP contribution in [-0.2, 0) is 28.2 Å². The largest absolute Gasteiger partial charge is 0.497 e. The lowest BCUT2D eigenvalue weighted by Gasteiger charge is -2.25. The Morgan fingerprint density at radius 3 is 2.08 bits per heavy atom. The molecule has 196 valence electrons. The van der Waals surface area contributed by atoms with Gasteiger partial charge in [0.15, 0.2) is 0 Å². The van der Waals surface area contributed by atoms with E-state index >= 15 is 0 Å². The fourth-order valence-corrected chi connectivity index (χ4v) is 4.85. The minimum absolute atomic E-state index is 0.0739. The number of ketones is 1. The van der Waals surface area contributed by atoms with E-state index < -0.39 is 22.0 Å². The van der Waals surface area contributed by atoms with Gasteiger partial charge in [0.1, 0.15) is 30.3 Å². The molecule has 1 heterocycles. The maximum Gasteiger partial charge on any atom is 0.228 e. The highest BCUT2D eigenvalue weighted by atomic mass is 32.2. The molecule has 1 aliphatic carbocycles. The van der Waals surface area contributed by atoms with E-state index in [1.165, 1.54) is 12.3 Å². The molecule has 4 rings (SSSR count). The third-order valence-corrected chi connectivity index (χ3v) is 7.03. The molecule has 0 fully saturated rings. The number of carbonyl (C=O) groups excluding carboxylic acids is 1. The Bertz CT molecular complexity index is 1440. The van der Waals surface area contributed by atoms with Crippen molar-refractivity contribution in [1.82, 2.24) is 4.98 Å². The zero-order valence-electron chi connectivity index (χ0n) is 21.5. The molecule has 0 radical (unpaired) electrons. The predicted molar refractivity (Wildman–Crippen MR) is 146 cm³/mol. The first-order chi connectivity index (χ1) is 18.4. The first-order valence-electron chi connectivity index (χ1n) is 12.3. The Kier molecular flexibility index (Phi) is 8.76. The highest BCUT2D eigenvalue weighted by molar-refractivity contribution is 7.73. The highest BCUT2D eigenvalue weighted by Gasteiger charge is 2.32. The molecule has 7 nitrogen and oxygen atoms in total. The number of aromatic nitrogens is 1. The Morgan fingerprint density at radius 1 is 0.895 bits per heavy atom. The quantitative estimate of drug-likeness (QED) is 0.257. The summed E-state index contributed by atoms with van der Waals surface area (Å²) in [6.45, 7) is 6.05. The van der Waals surface area contributed by atoms with Crippen LogP contribution in [0.5, 0.6) is 11.6 Å². The summed E-state index contributed by atoms with van der Waals surface area (Å²) >= 11 is 0. The van der Waals surface area contributed by atoms with Crippen molar-refractivity contribution in [2.24, 2.45) is 5.92 Å². The van der Waals surface area contributed by atoms with E-state index in [9.17, 15) is 13.2 Å². The Hall–Kier alpha value is -4.17. The smallest absolute Gasteiger partial charge is 0.228 e. The van der Waals surface area contributed by atoms with E-state index in [0.717, 1.165) is 11.1 Å². The molecular weight excluding hydrogens is 502 g/mol. The molecule has 0 bridgehead atoms. The number of nitrogens with zero attached hydrogens (tertiary/aromatic N) is 1. The molecule has 1 unspecified atom stereocenters. The average Bonchev–Trinajstić information content (AvgIpc) is 2.93. The van der Waals surface area contributed by atoms with E-state index in [4.69, 9.17) is 14.2 Å². The maximum absolute atomic E-state index is 14.1. The fourth-order valence-electron chi connectivity index (χ4n) is 4.24. The van der Waals surface area contributed by atoms with Crippen LogP contribution >= 0.6 is 0 Å². The van der Waals surface area contributed by atoms with Crippen molar-refractivity contribution in [3.05, 3.63) is 113 Å². The lowest BCUT2D eigenvalue weighted by molar-refractivity contribution is 0.102. The minimum atomic E-state index is -2.54. The van der Waals surface area contributed by atoms with Crippen molar-refractivity contribution < 1.29 is 27.4 Å². The maximum atomic E-state index is 14.1. The topological polar surface area (TPSA) is 91.8 Å². The Labute approximate surface area is 223 Å². The SMILES string of the molecule is CCOC1=C(C)C(C(=O)c2c(OCc3ccccc3)ccnc2OCc2ccccc2)=CC(=S(=O)=O)C1C. The van der Waals surface area contributed by atoms with Gasteiger partial charge in [-0.2, -0.15) is 8.42 Å². The number of pyridine rings is 1. The number of carbonyl (C=O) groups is 1. The summed E-state index contributed by atoms with van der Waals surface area (Å²) in [5.41, 5.74) is 2.69. The average molecular weight is 532 g/mol. The summed E-state index contributed by atoms with van der Waals surface area (Å²) < 4.78 is 42.0. The van der Waals surface area contributed by atoms with Crippen molar-refractivity contribution >= 4 is 20.9 Å². The zero-order chi connectivity index (χ0) is 27.1. The summed E-state index contributed by atoms with van der Waals surface area (Å²) in [6.07, 6.45) is 2.93. The first-order valence-corrected chi connectivity index (χ1v) is 13.4. The lowest BCUT2D eigenvalue weighted by atomic mass is 9.86. The van der Waals surface area contributed by atoms with Gasteiger partial charge in [0.2, 0.25) is 22.0 Å². The van der Waals surface area contributed by atoms with Crippen LogP contribution in [0.4, 0.5) is 0 Å². The zero-order valence-corrected chi connectivity index (χ0v) is 22.3. The van der Waals surface area contributed by atoms with Gasteiger partial charge in [-0.1, -0.05) is 67.6 Å². The highest BCUT2D eigenvalue weighted by Crippen LogP contribution is 2.36. The Morgan fingerprint density at radius 2 is 1.50 bits per heavy atom. The number of Topliss-reactive ketones (excluding diaryl/α,β-unsaturated/α-hetero) is 1. The number of ether oxygens (including phenoxy) is 3. The summed E-state index contributed by atoms with van der Waals surface area (Å²) in [5.74, 6) is -0.151. The molecule has 3 aromatic rings. The van der Waals surface area contributed by atoms with Gasteiger partial charge in [-0.25, -0.2) is 4.98 Å². The van der Waals surface area contributed by atoms with E-state index in [1.54, 1.807) is 19.9 Å². The van der Waals surface area contributed by atoms with Gasteiger partial charge in [-0.05, 0) is 42.7 Å². The van der Waals surface area contributed by atoms with Gasteiger partial charge in [-0.15, -0.1) is 0 Å². The van der Waals surface area contributed by atoms with Crippen molar-refractivity contribution in [3.8, 4) is 11.6 Å². The minimum Gasteiger partial charge on any atom is -0.497 e. The number of rotatable bonds is 10. The van der Waals surface area contributed by atoms with Crippen LogP contribution in [0.1, 0.15) is 42.3 Å². The van der Waals surface area contributed by atoms with E-state index in [-0.39, 0.29) is 40.8 Å². The summed E-state index contributed by atoms with van der Waals surface area (Å²) in [5, 5.41) is 0. The predicted octanol–water partition coefficient (Wildman–Crippen LogP) is 5.36. The molecule has 1 atom stereocenters. The standard InChI is InChI=1S/C30H29NO6S/c1-4-35-29-20(2)24(17-26(21(29)3)38(33)34)28(32)27-25(36-18-22-11-7-5-8-12-22)15-16-31-30(27)37-19-23-13-9-6-10-14-23/h5-17,21H,4,18-19H2,1-3H3. The van der Waals surface area contributed by atoms with Crippen molar-refractivity contribution in [2.75, 3.05) is 6.61 Å². The van der Waals surface area contributed by atoms with Crippen LogP contribution in [0.25, 0.3) is 0 Å². The van der Waals surface area contributed by atoms with Crippen LogP contribution in [0.15, 0.2) is 95.9 Å². The molecule has 1 aromatic heterocycles. The number of allylic oxidation sites excluding steroid dienone is 4. The van der Waals surface area contributed by atoms with Gasteiger partial charge in [0.05, 0.1) is 17.4 Å². The fraction of sp³-hybridized carbons (Fsp3) is 0.233. The summed E-state index contributed by atoms with van der Waals surface area (Å²) in [6, 6.07) is 20.7. The van der Waals surface area contributed by atoms with Gasteiger partial charge < -0.3 is 14.2 Å². The second kappa shape index (κ2) is 12.4. The van der Waals surface area contributed by atoms with E-state index in [0.29, 0.717) is 17.9 Å². The van der Waals surface area contributed by atoms with Gasteiger partial charge in [0.25, 0.3) is 0 Å². The molecule has 0 amide bonds. The molecule has 38 heavy (non-hydrogen) atoms. The summed E-state index contributed by atoms with van der Waals surface area (Å²) in [7, 11) is -2.54. The number of hydrogen-bond donors (Lipinski definition) is 0. The van der Waals surface area contributed by atoms with Crippen molar-refractivity contribution in [2.45, 2.75) is 34.0 Å². The first kappa shape index (κ1) is 26.9. The monoisotopic (exact) mass is 531 g/mol. The number of benzene rings is 2. The van der Waals surface area contributed by atoms with E-state index in [1.807, 2.05) is 67.6 Å². The van der Waals surface area contributed by atoms with Crippen LogP contribution in [-0.4, -0.2) is 30.7 Å². The van der Waals surface area contributed by atoms with Crippen LogP contribution in [0.2, 0.25) is 0 Å². The third-order valence-electron chi connectivity index (χ3n) is 6.18. The van der Waals surface area contributed by atoms with E-state index in [2.05, 4.69) is 4.98 Å². The molecule has 0 aliphatic heterocycles. The molecular formula is C30H29NO6S. The lowest BCUT2D eigenvalue weighted by Crippen LogP contribution is -2.24. The molecule has 8 heteroatoms. The second-order valence-electron chi connectivity index (χ2n) is 8.71. The molecule has 1 aliphatic rings. The molecule has 2 aromatic carbocycles. The van der Waals surface area contributed by atoms with Crippen LogP contribution < -0.4 is 9.47 Å². The second-order valence-corrected chi connectivity index (χ2v) is 9.65. The molecule has 0 saturated carbocycles. The number of hydrogen-bond acceptors (Lipinski definition) is 7. The normalized spacial score (nSPS) is 15.1. The Balaban J connectivity index is 1.79. The molecule has 0 N–H and O–H groups in total. The summed E-state index contributed by atoms with van der Waals surface area (Å²) in [4.78, 5) is 18.5. The van der Waals surface area contributed by atoms with Crippen LogP contribution in [0.3, 0.4) is 0 Å².